The molecule has 3 nitrogen and oxygen atoms in total. The van der Waals surface area contributed by atoms with Crippen LogP contribution in [0.4, 0.5) is 5.69 Å². The first-order valence-corrected chi connectivity index (χ1v) is 6.93. The van der Waals surface area contributed by atoms with Crippen molar-refractivity contribution in [2.45, 2.75) is 19.0 Å². The van der Waals surface area contributed by atoms with Crippen LogP contribution in [-0.2, 0) is 6.54 Å². The number of Topliss-reactive ketones (excluding diaryl/α,β-unsaturated/α-hetero) is 1. The summed E-state index contributed by atoms with van der Waals surface area (Å²) in [4.78, 5) is 14.5. The van der Waals surface area contributed by atoms with Crippen molar-refractivity contribution in [2.24, 2.45) is 5.73 Å². The number of hydrogen-bond acceptors (Lipinski definition) is 3. The van der Waals surface area contributed by atoms with Crippen LogP contribution in [0.25, 0.3) is 0 Å². The molecule has 0 fully saturated rings. The highest BCUT2D eigenvalue weighted by Crippen LogP contribution is 2.27. The number of carbonyl (C=O) groups excluding carboxylic acids is 1. The lowest BCUT2D eigenvalue weighted by Gasteiger charge is -2.24. The summed E-state index contributed by atoms with van der Waals surface area (Å²) in [6, 6.07) is 17.7. The molecular weight excluding hydrogens is 248 g/mol. The van der Waals surface area contributed by atoms with Crippen LogP contribution in [0.5, 0.6) is 0 Å². The van der Waals surface area contributed by atoms with Gasteiger partial charge >= 0.3 is 0 Å². The first-order chi connectivity index (χ1) is 9.75. The summed E-state index contributed by atoms with van der Waals surface area (Å²) in [5, 5.41) is 0. The minimum Gasteiger partial charge on any atom is -0.367 e. The van der Waals surface area contributed by atoms with E-state index in [1.54, 1.807) is 0 Å². The van der Waals surface area contributed by atoms with E-state index in [-0.39, 0.29) is 5.78 Å². The van der Waals surface area contributed by atoms with Crippen LogP contribution in [0.1, 0.15) is 22.3 Å². The van der Waals surface area contributed by atoms with Crippen molar-refractivity contribution in [1.29, 1.82) is 0 Å². The lowest BCUT2D eigenvalue weighted by atomic mass is 10.0. The largest absolute Gasteiger partial charge is 0.367 e. The van der Waals surface area contributed by atoms with Crippen molar-refractivity contribution in [2.75, 3.05) is 11.4 Å². The summed E-state index contributed by atoms with van der Waals surface area (Å²) in [5.41, 5.74) is 8.95. The quantitative estimate of drug-likeness (QED) is 0.909. The first kappa shape index (κ1) is 12.9. The van der Waals surface area contributed by atoms with Crippen LogP contribution in [0, 0.1) is 0 Å². The van der Waals surface area contributed by atoms with E-state index < -0.39 is 6.04 Å². The molecule has 0 radical (unpaired) electrons. The molecule has 2 N–H and O–H groups in total. The summed E-state index contributed by atoms with van der Waals surface area (Å²) in [7, 11) is 0. The molecule has 0 saturated heterocycles. The van der Waals surface area contributed by atoms with E-state index in [1.165, 1.54) is 5.56 Å². The van der Waals surface area contributed by atoms with Crippen LogP contribution >= 0.6 is 0 Å². The van der Waals surface area contributed by atoms with Crippen molar-refractivity contribution >= 4 is 11.5 Å². The van der Waals surface area contributed by atoms with Gasteiger partial charge in [-0.1, -0.05) is 42.5 Å². The standard InChI is InChI=1S/C17H18N2O/c18-15-10-11-19(12-13-6-2-1-3-7-13)16-9-5-4-8-14(16)17(15)20/h1-9,15H,10-12,18H2. The highest BCUT2D eigenvalue weighted by molar-refractivity contribution is 6.05. The number of anilines is 1. The Morgan fingerprint density at radius 3 is 2.55 bits per heavy atom. The first-order valence-electron chi connectivity index (χ1n) is 6.93. The molecule has 3 heteroatoms. The minimum atomic E-state index is -0.392. The Bertz CT molecular complexity index is 609. The number of nitrogens with two attached hydrogens (primary N) is 1. The Morgan fingerprint density at radius 1 is 1.05 bits per heavy atom. The van der Waals surface area contributed by atoms with Gasteiger partial charge in [-0.2, -0.15) is 0 Å². The SMILES string of the molecule is NC1CCN(Cc2ccccc2)c2ccccc2C1=O. The third-order valence-electron chi connectivity index (χ3n) is 3.77. The second-order valence-electron chi connectivity index (χ2n) is 5.18. The van der Waals surface area contributed by atoms with E-state index in [4.69, 9.17) is 5.73 Å². The van der Waals surface area contributed by atoms with E-state index >= 15 is 0 Å². The van der Waals surface area contributed by atoms with Gasteiger partial charge in [0.25, 0.3) is 0 Å². The molecule has 0 spiro atoms. The Balaban J connectivity index is 1.96. The number of para-hydroxylation sites is 1. The topological polar surface area (TPSA) is 46.3 Å². The predicted molar refractivity (Wildman–Crippen MR) is 80.9 cm³/mol. The van der Waals surface area contributed by atoms with Crippen LogP contribution in [-0.4, -0.2) is 18.4 Å². The third-order valence-corrected chi connectivity index (χ3v) is 3.77. The molecule has 1 unspecified atom stereocenters. The molecule has 0 aliphatic carbocycles. The summed E-state index contributed by atoms with van der Waals surface area (Å²) in [6.07, 6.45) is 0.695. The van der Waals surface area contributed by atoms with Crippen LogP contribution in [0.15, 0.2) is 54.6 Å². The number of hydrogen-bond donors (Lipinski definition) is 1. The molecule has 1 aliphatic heterocycles. The lowest BCUT2D eigenvalue weighted by Crippen LogP contribution is -2.31. The van der Waals surface area contributed by atoms with Crippen LogP contribution < -0.4 is 10.6 Å². The second kappa shape index (κ2) is 5.47. The Morgan fingerprint density at radius 2 is 1.75 bits per heavy atom. The third kappa shape index (κ3) is 2.45. The van der Waals surface area contributed by atoms with Gasteiger partial charge in [-0.15, -0.1) is 0 Å². The molecule has 2 aromatic rings. The number of benzene rings is 2. The molecule has 0 amide bonds. The molecule has 0 aromatic heterocycles. The zero-order valence-corrected chi connectivity index (χ0v) is 11.3. The molecule has 1 aliphatic rings. The molecule has 1 heterocycles. The molecule has 1 atom stereocenters. The summed E-state index contributed by atoms with van der Waals surface area (Å²) in [5.74, 6) is 0.0520. The summed E-state index contributed by atoms with van der Waals surface area (Å²) >= 11 is 0. The second-order valence-corrected chi connectivity index (χ2v) is 5.18. The maximum atomic E-state index is 12.3. The molecule has 3 rings (SSSR count). The molecule has 0 bridgehead atoms. The zero-order chi connectivity index (χ0) is 13.9. The number of fused-ring (bicyclic) bond motifs is 1. The summed E-state index contributed by atoms with van der Waals surface area (Å²) in [6.45, 7) is 1.61. The van der Waals surface area contributed by atoms with E-state index in [0.29, 0.717) is 6.42 Å². The van der Waals surface area contributed by atoms with E-state index in [0.717, 1.165) is 24.3 Å². The van der Waals surface area contributed by atoms with Crippen LogP contribution in [0.2, 0.25) is 0 Å². The van der Waals surface area contributed by atoms with Crippen molar-refractivity contribution in [3.63, 3.8) is 0 Å². The fourth-order valence-electron chi connectivity index (χ4n) is 2.67. The number of carbonyl (C=O) groups is 1. The highest BCUT2D eigenvalue weighted by Gasteiger charge is 2.25. The molecule has 102 valence electrons. The molecule has 20 heavy (non-hydrogen) atoms. The van der Waals surface area contributed by atoms with Gasteiger partial charge in [-0.3, -0.25) is 4.79 Å². The zero-order valence-electron chi connectivity index (χ0n) is 11.3. The average Bonchev–Trinajstić information content (AvgIpc) is 2.61. The van der Waals surface area contributed by atoms with Gasteiger partial charge in [-0.05, 0) is 24.1 Å². The van der Waals surface area contributed by atoms with Gasteiger partial charge in [0.2, 0.25) is 0 Å². The number of ketones is 1. The number of rotatable bonds is 2. The Hall–Kier alpha value is -2.13. The van der Waals surface area contributed by atoms with Crippen molar-refractivity contribution < 1.29 is 4.79 Å². The molecule has 0 saturated carbocycles. The van der Waals surface area contributed by atoms with Gasteiger partial charge < -0.3 is 10.6 Å². The lowest BCUT2D eigenvalue weighted by molar-refractivity contribution is 0.0961. The van der Waals surface area contributed by atoms with E-state index in [1.807, 2.05) is 42.5 Å². The fourth-order valence-corrected chi connectivity index (χ4v) is 2.67. The summed E-state index contributed by atoms with van der Waals surface area (Å²) < 4.78 is 0. The maximum Gasteiger partial charge on any atom is 0.181 e. The van der Waals surface area contributed by atoms with Gasteiger partial charge in [0.15, 0.2) is 5.78 Å². The molecule has 2 aromatic carbocycles. The molecular formula is C17H18N2O. The smallest absolute Gasteiger partial charge is 0.181 e. The van der Waals surface area contributed by atoms with Gasteiger partial charge in [0.1, 0.15) is 0 Å². The fraction of sp³-hybridized carbons (Fsp3) is 0.235. The maximum absolute atomic E-state index is 12.3. The van der Waals surface area contributed by atoms with Crippen molar-refractivity contribution in [3.8, 4) is 0 Å². The van der Waals surface area contributed by atoms with Gasteiger partial charge in [-0.25, -0.2) is 0 Å². The Kier molecular flexibility index (Phi) is 3.52. The van der Waals surface area contributed by atoms with Gasteiger partial charge in [0, 0.05) is 24.3 Å². The van der Waals surface area contributed by atoms with E-state index in [2.05, 4.69) is 17.0 Å². The number of nitrogens with zero attached hydrogens (tertiary/aromatic N) is 1. The predicted octanol–water partition coefficient (Wildman–Crippen LogP) is 2.61. The van der Waals surface area contributed by atoms with Gasteiger partial charge in [0.05, 0.1) is 6.04 Å². The minimum absolute atomic E-state index is 0.0520. The van der Waals surface area contributed by atoms with Crippen LogP contribution in [0.3, 0.4) is 0 Å². The highest BCUT2D eigenvalue weighted by atomic mass is 16.1. The Labute approximate surface area is 119 Å². The monoisotopic (exact) mass is 266 g/mol. The van der Waals surface area contributed by atoms with E-state index in [9.17, 15) is 4.79 Å². The van der Waals surface area contributed by atoms with Crippen molar-refractivity contribution in [1.82, 2.24) is 0 Å². The van der Waals surface area contributed by atoms with Crippen molar-refractivity contribution in [3.05, 3.63) is 65.7 Å². The average molecular weight is 266 g/mol. The normalized spacial score (nSPS) is 18.6.